The number of carbonyl (C=O) groups is 1. The first-order chi connectivity index (χ1) is 13.5. The van der Waals surface area contributed by atoms with E-state index in [0.717, 1.165) is 18.9 Å². The minimum absolute atomic E-state index is 0.0858. The maximum absolute atomic E-state index is 13.9. The van der Waals surface area contributed by atoms with Crippen molar-refractivity contribution in [1.82, 2.24) is 14.8 Å². The molecule has 8 heteroatoms. The van der Waals surface area contributed by atoms with Gasteiger partial charge in [-0.2, -0.15) is 5.26 Å². The van der Waals surface area contributed by atoms with E-state index in [1.165, 1.54) is 11.0 Å². The van der Waals surface area contributed by atoms with Gasteiger partial charge in [0, 0.05) is 56.6 Å². The number of nitrogens with zero attached hydrogens (tertiary/aromatic N) is 5. The van der Waals surface area contributed by atoms with Crippen molar-refractivity contribution < 1.29 is 9.18 Å². The minimum atomic E-state index is -0.409. The molecule has 1 fully saturated rings. The highest BCUT2D eigenvalue weighted by Gasteiger charge is 2.22. The molecule has 0 bridgehead atoms. The fourth-order valence-corrected chi connectivity index (χ4v) is 3.34. The van der Waals surface area contributed by atoms with Crippen molar-refractivity contribution >= 4 is 23.3 Å². The summed E-state index contributed by atoms with van der Waals surface area (Å²) >= 11 is 6.05. The van der Waals surface area contributed by atoms with E-state index in [1.54, 1.807) is 37.5 Å². The van der Waals surface area contributed by atoms with Gasteiger partial charge in [0.05, 0.1) is 18.2 Å². The fourth-order valence-electron chi connectivity index (χ4n) is 3.12. The molecule has 2 heterocycles. The van der Waals surface area contributed by atoms with Crippen LogP contribution >= 0.6 is 11.6 Å². The largest absolute Gasteiger partial charge is 0.354 e. The fraction of sp³-hybridized carbons (Fsp3) is 0.350. The van der Waals surface area contributed by atoms with Crippen molar-refractivity contribution in [1.29, 1.82) is 5.26 Å². The molecular formula is C20H21ClFN5O. The Morgan fingerprint density at radius 3 is 2.75 bits per heavy atom. The lowest BCUT2D eigenvalue weighted by molar-refractivity contribution is -0.131. The van der Waals surface area contributed by atoms with E-state index in [1.807, 2.05) is 0 Å². The molecule has 1 saturated heterocycles. The zero-order chi connectivity index (χ0) is 20.1. The number of rotatable bonds is 5. The van der Waals surface area contributed by atoms with Crippen LogP contribution in [0.3, 0.4) is 0 Å². The molecule has 1 aliphatic rings. The molecule has 1 amide bonds. The molecule has 6 nitrogen and oxygen atoms in total. The molecule has 3 rings (SSSR count). The number of amides is 1. The maximum atomic E-state index is 13.9. The predicted molar refractivity (Wildman–Crippen MR) is 105 cm³/mol. The Labute approximate surface area is 168 Å². The highest BCUT2D eigenvalue weighted by Crippen LogP contribution is 2.20. The lowest BCUT2D eigenvalue weighted by Crippen LogP contribution is -2.49. The number of anilines is 1. The Hall–Kier alpha value is -2.69. The van der Waals surface area contributed by atoms with Crippen LogP contribution < -0.4 is 4.90 Å². The maximum Gasteiger partial charge on any atom is 0.236 e. The van der Waals surface area contributed by atoms with Gasteiger partial charge >= 0.3 is 0 Å². The van der Waals surface area contributed by atoms with Crippen molar-refractivity contribution in [2.75, 3.05) is 44.7 Å². The Morgan fingerprint density at radius 1 is 1.32 bits per heavy atom. The number of likely N-dealkylation sites (N-methyl/N-ethyl adjacent to an activating group) is 1. The lowest BCUT2D eigenvalue weighted by atomic mass is 10.2. The summed E-state index contributed by atoms with van der Waals surface area (Å²) in [5.74, 6) is 0.279. The Morgan fingerprint density at radius 2 is 2.07 bits per heavy atom. The van der Waals surface area contributed by atoms with Crippen LogP contribution in [0.2, 0.25) is 5.02 Å². The normalized spacial score (nSPS) is 14.6. The van der Waals surface area contributed by atoms with E-state index in [4.69, 9.17) is 16.9 Å². The summed E-state index contributed by atoms with van der Waals surface area (Å²) in [5, 5.41) is 9.33. The first-order valence-corrected chi connectivity index (χ1v) is 9.36. The molecule has 0 aliphatic carbocycles. The van der Waals surface area contributed by atoms with Crippen molar-refractivity contribution in [2.45, 2.75) is 6.54 Å². The lowest BCUT2D eigenvalue weighted by Gasteiger charge is -2.35. The molecule has 0 radical (unpaired) electrons. The molecule has 0 spiro atoms. The van der Waals surface area contributed by atoms with Crippen LogP contribution in [0.25, 0.3) is 0 Å². The van der Waals surface area contributed by atoms with Gasteiger partial charge in [-0.25, -0.2) is 9.37 Å². The van der Waals surface area contributed by atoms with Crippen LogP contribution in [0, 0.1) is 17.1 Å². The summed E-state index contributed by atoms with van der Waals surface area (Å²) in [4.78, 5) is 22.5. The third-order valence-corrected chi connectivity index (χ3v) is 5.17. The highest BCUT2D eigenvalue weighted by molar-refractivity contribution is 6.31. The molecule has 2 aromatic rings. The van der Waals surface area contributed by atoms with Crippen LogP contribution in [-0.2, 0) is 11.3 Å². The van der Waals surface area contributed by atoms with Crippen LogP contribution in [-0.4, -0.2) is 60.5 Å². The van der Waals surface area contributed by atoms with Gasteiger partial charge in [-0.1, -0.05) is 17.7 Å². The molecule has 0 unspecified atom stereocenters. The van der Waals surface area contributed by atoms with Crippen LogP contribution in [0.4, 0.5) is 10.2 Å². The van der Waals surface area contributed by atoms with Gasteiger partial charge in [0.15, 0.2) is 0 Å². The number of aromatic nitrogens is 1. The van der Waals surface area contributed by atoms with Gasteiger partial charge in [-0.05, 0) is 24.3 Å². The van der Waals surface area contributed by atoms with Crippen molar-refractivity contribution in [2.24, 2.45) is 0 Å². The number of hydrogen-bond acceptors (Lipinski definition) is 5. The molecule has 1 aromatic heterocycles. The monoisotopic (exact) mass is 401 g/mol. The zero-order valence-electron chi connectivity index (χ0n) is 15.6. The first kappa shape index (κ1) is 20.1. The number of carbonyl (C=O) groups excluding carboxylic acids is 1. The van der Waals surface area contributed by atoms with Gasteiger partial charge in [0.1, 0.15) is 11.6 Å². The van der Waals surface area contributed by atoms with Crippen molar-refractivity contribution in [3.63, 3.8) is 0 Å². The van der Waals surface area contributed by atoms with Crippen LogP contribution in [0.15, 0.2) is 36.5 Å². The van der Waals surface area contributed by atoms with Gasteiger partial charge < -0.3 is 9.80 Å². The second-order valence-electron chi connectivity index (χ2n) is 6.73. The topological polar surface area (TPSA) is 63.5 Å². The number of benzene rings is 1. The summed E-state index contributed by atoms with van der Waals surface area (Å²) in [6.45, 7) is 3.25. The quantitative estimate of drug-likeness (QED) is 0.770. The zero-order valence-corrected chi connectivity index (χ0v) is 16.4. The van der Waals surface area contributed by atoms with Crippen molar-refractivity contribution in [3.05, 3.63) is 58.5 Å². The number of halogens is 2. The third kappa shape index (κ3) is 4.77. The van der Waals surface area contributed by atoms with E-state index in [-0.39, 0.29) is 19.0 Å². The molecular weight excluding hydrogens is 381 g/mol. The number of hydrogen-bond donors (Lipinski definition) is 0. The summed E-state index contributed by atoms with van der Waals surface area (Å²) in [7, 11) is 1.65. The molecule has 1 aliphatic heterocycles. The average Bonchev–Trinajstić information content (AvgIpc) is 2.71. The van der Waals surface area contributed by atoms with E-state index >= 15 is 0 Å². The second kappa shape index (κ2) is 9.00. The summed E-state index contributed by atoms with van der Waals surface area (Å²) in [6.07, 6.45) is 1.63. The van der Waals surface area contributed by atoms with Gasteiger partial charge in [0.25, 0.3) is 0 Å². The Bertz CT molecular complexity index is 872. The average molecular weight is 402 g/mol. The van der Waals surface area contributed by atoms with Gasteiger partial charge in [0.2, 0.25) is 5.91 Å². The Balaban J connectivity index is 1.52. The summed E-state index contributed by atoms with van der Waals surface area (Å²) in [6, 6.07) is 10.1. The number of pyridine rings is 1. The molecule has 1 aromatic carbocycles. The predicted octanol–water partition coefficient (Wildman–Crippen LogP) is 2.53. The van der Waals surface area contributed by atoms with E-state index < -0.39 is 5.82 Å². The molecule has 0 atom stereocenters. The SMILES string of the molecule is CN(Cc1c(F)cccc1Cl)C(=O)CN1CCN(c2cc(C#N)ccn2)CC1. The van der Waals surface area contributed by atoms with Gasteiger partial charge in [-0.3, -0.25) is 9.69 Å². The summed E-state index contributed by atoms with van der Waals surface area (Å²) < 4.78 is 13.9. The Kier molecular flexibility index (Phi) is 6.45. The van der Waals surface area contributed by atoms with Crippen LogP contribution in [0.5, 0.6) is 0 Å². The standard InChI is InChI=1S/C20H21ClFN5O/c1-25(13-16-17(21)3-2-4-18(16)22)20(28)14-26-7-9-27(10-8-26)19-11-15(12-23)5-6-24-19/h2-6,11H,7-10,13-14H2,1H3. The summed E-state index contributed by atoms with van der Waals surface area (Å²) in [5.41, 5.74) is 0.907. The van der Waals surface area contributed by atoms with E-state index in [9.17, 15) is 9.18 Å². The second-order valence-corrected chi connectivity index (χ2v) is 7.13. The molecule has 146 valence electrons. The number of piperazine rings is 1. The molecule has 0 N–H and O–H groups in total. The third-order valence-electron chi connectivity index (χ3n) is 4.81. The van der Waals surface area contributed by atoms with Crippen LogP contribution in [0.1, 0.15) is 11.1 Å². The highest BCUT2D eigenvalue weighted by atomic mass is 35.5. The molecule has 0 saturated carbocycles. The number of nitriles is 1. The minimum Gasteiger partial charge on any atom is -0.354 e. The van der Waals surface area contributed by atoms with E-state index in [2.05, 4.69) is 20.9 Å². The first-order valence-electron chi connectivity index (χ1n) is 8.98. The van der Waals surface area contributed by atoms with Gasteiger partial charge in [-0.15, -0.1) is 0 Å². The van der Waals surface area contributed by atoms with E-state index in [0.29, 0.717) is 29.2 Å². The van der Waals surface area contributed by atoms with Crippen molar-refractivity contribution in [3.8, 4) is 6.07 Å². The smallest absolute Gasteiger partial charge is 0.236 e. The molecule has 28 heavy (non-hydrogen) atoms.